The molecular weight excluding hydrogens is 309 g/mol. The van der Waals surface area contributed by atoms with Crippen molar-refractivity contribution in [3.63, 3.8) is 0 Å². The van der Waals surface area contributed by atoms with E-state index in [0.29, 0.717) is 17.8 Å². The number of ether oxygens (including phenoxy) is 1. The lowest BCUT2D eigenvalue weighted by Gasteiger charge is -2.14. The Bertz CT molecular complexity index is 952. The Hall–Kier alpha value is -3.08. The van der Waals surface area contributed by atoms with Gasteiger partial charge in [0.2, 0.25) is 5.88 Å². The van der Waals surface area contributed by atoms with Crippen LogP contribution in [0.5, 0.6) is 5.88 Å². The predicted octanol–water partition coefficient (Wildman–Crippen LogP) is 3.00. The summed E-state index contributed by atoms with van der Waals surface area (Å²) in [4.78, 5) is 7.98. The van der Waals surface area contributed by atoms with Crippen LogP contribution in [0.25, 0.3) is 16.8 Å². The smallest absolute Gasteiger partial charge is 0.225 e. The zero-order valence-electron chi connectivity index (χ0n) is 12.1. The molecule has 0 amide bonds. The molecule has 0 N–H and O–H groups in total. The average Bonchev–Trinajstić information content (AvgIpc) is 2.91. The van der Waals surface area contributed by atoms with E-state index >= 15 is 0 Å². The molecule has 3 aromatic rings. The van der Waals surface area contributed by atoms with Crippen molar-refractivity contribution in [2.24, 2.45) is 0 Å². The van der Waals surface area contributed by atoms with Gasteiger partial charge in [0.05, 0.1) is 18.2 Å². The summed E-state index contributed by atoms with van der Waals surface area (Å²) in [6.07, 6.45) is 1.32. The van der Waals surface area contributed by atoms with E-state index in [-0.39, 0.29) is 22.8 Å². The molecular formula is C15H9F3N4O. The molecule has 0 spiro atoms. The number of benzene rings is 1. The molecule has 116 valence electrons. The first-order valence-electron chi connectivity index (χ1n) is 6.44. The monoisotopic (exact) mass is 318 g/mol. The minimum Gasteiger partial charge on any atom is -0.480 e. The maximum absolute atomic E-state index is 14.1. The molecule has 0 aliphatic rings. The Morgan fingerprint density at radius 1 is 1.17 bits per heavy atom. The van der Waals surface area contributed by atoms with Crippen LogP contribution in [-0.2, 0) is 0 Å². The van der Waals surface area contributed by atoms with Crippen LogP contribution in [0.1, 0.15) is 11.4 Å². The number of fused-ring (bicyclic) bond motifs is 1. The number of methoxy groups -OCH3 is 1. The second-order valence-electron chi connectivity index (χ2n) is 4.72. The number of hydrogen-bond acceptors (Lipinski definition) is 4. The van der Waals surface area contributed by atoms with Crippen LogP contribution in [0, 0.1) is 35.7 Å². The summed E-state index contributed by atoms with van der Waals surface area (Å²) in [5.74, 6) is -3.27. The quantitative estimate of drug-likeness (QED) is 0.728. The summed E-state index contributed by atoms with van der Waals surface area (Å²) in [7, 11) is 1.28. The summed E-state index contributed by atoms with van der Waals surface area (Å²) in [5.41, 5.74) is 0.177. The lowest BCUT2D eigenvalue weighted by atomic mass is 10.0. The fraction of sp³-hybridized carbons (Fsp3) is 0.133. The van der Waals surface area contributed by atoms with E-state index in [1.807, 2.05) is 6.07 Å². The van der Waals surface area contributed by atoms with Gasteiger partial charge in [-0.25, -0.2) is 18.2 Å². The molecule has 0 aliphatic carbocycles. The number of aryl methyl sites for hydroxylation is 1. The molecule has 8 heteroatoms. The Balaban J connectivity index is 2.43. The molecule has 1 aromatic carbocycles. The summed E-state index contributed by atoms with van der Waals surface area (Å²) in [5, 5.41) is 9.02. The molecule has 0 radical (unpaired) electrons. The first-order chi connectivity index (χ1) is 11.0. The van der Waals surface area contributed by atoms with Gasteiger partial charge in [0, 0.05) is 17.8 Å². The molecule has 0 unspecified atom stereocenters. The zero-order chi connectivity index (χ0) is 16.7. The minimum absolute atomic E-state index is 0.0249. The van der Waals surface area contributed by atoms with E-state index in [0.717, 1.165) is 0 Å². The molecule has 0 bridgehead atoms. The maximum atomic E-state index is 14.1. The third kappa shape index (κ3) is 2.17. The molecule has 23 heavy (non-hydrogen) atoms. The highest BCUT2D eigenvalue weighted by atomic mass is 19.1. The van der Waals surface area contributed by atoms with Gasteiger partial charge in [-0.2, -0.15) is 10.2 Å². The van der Waals surface area contributed by atoms with Crippen molar-refractivity contribution in [3.05, 3.63) is 47.3 Å². The molecule has 2 aromatic heterocycles. The molecule has 0 saturated carbocycles. The SMILES string of the molecule is COc1nc2c(C#N)ncn2c(C)c1-c1c(F)cc(F)cc1F. The van der Waals surface area contributed by atoms with Gasteiger partial charge in [0.25, 0.3) is 0 Å². The number of hydrogen-bond donors (Lipinski definition) is 0. The van der Waals surface area contributed by atoms with Crippen molar-refractivity contribution in [2.75, 3.05) is 7.11 Å². The van der Waals surface area contributed by atoms with Gasteiger partial charge in [-0.15, -0.1) is 0 Å². The topological polar surface area (TPSA) is 63.2 Å². The molecule has 2 heterocycles. The van der Waals surface area contributed by atoms with E-state index in [1.54, 1.807) is 6.92 Å². The molecule has 0 atom stereocenters. The van der Waals surface area contributed by atoms with Crippen LogP contribution >= 0.6 is 0 Å². The Morgan fingerprint density at radius 2 is 1.83 bits per heavy atom. The number of aromatic nitrogens is 3. The van der Waals surface area contributed by atoms with E-state index < -0.39 is 23.0 Å². The number of rotatable bonds is 2. The van der Waals surface area contributed by atoms with Crippen LogP contribution in [0.15, 0.2) is 18.5 Å². The van der Waals surface area contributed by atoms with Crippen molar-refractivity contribution < 1.29 is 17.9 Å². The highest BCUT2D eigenvalue weighted by Gasteiger charge is 2.23. The number of halogens is 3. The normalized spacial score (nSPS) is 10.8. The fourth-order valence-electron chi connectivity index (χ4n) is 2.42. The van der Waals surface area contributed by atoms with Crippen molar-refractivity contribution >= 4 is 5.65 Å². The summed E-state index contributed by atoms with van der Waals surface area (Å²) < 4.78 is 47.9. The van der Waals surface area contributed by atoms with Gasteiger partial charge in [-0.05, 0) is 6.92 Å². The minimum atomic E-state index is -1.08. The second kappa shape index (κ2) is 5.28. The van der Waals surface area contributed by atoms with E-state index in [4.69, 9.17) is 10.00 Å². The largest absolute Gasteiger partial charge is 0.480 e. The maximum Gasteiger partial charge on any atom is 0.225 e. The summed E-state index contributed by atoms with van der Waals surface area (Å²) in [6.45, 7) is 1.57. The van der Waals surface area contributed by atoms with Crippen LogP contribution in [0.2, 0.25) is 0 Å². The fourth-order valence-corrected chi connectivity index (χ4v) is 2.42. The van der Waals surface area contributed by atoms with Crippen molar-refractivity contribution in [3.8, 4) is 23.1 Å². The molecule has 5 nitrogen and oxygen atoms in total. The van der Waals surface area contributed by atoms with Gasteiger partial charge in [-0.3, -0.25) is 4.40 Å². The molecule has 0 fully saturated rings. The highest BCUT2D eigenvalue weighted by molar-refractivity contribution is 5.74. The third-order valence-corrected chi connectivity index (χ3v) is 3.44. The summed E-state index contributed by atoms with van der Waals surface area (Å²) >= 11 is 0. The lowest BCUT2D eigenvalue weighted by molar-refractivity contribution is 0.399. The van der Waals surface area contributed by atoms with Crippen molar-refractivity contribution in [1.29, 1.82) is 5.26 Å². The van der Waals surface area contributed by atoms with Gasteiger partial charge < -0.3 is 4.74 Å². The van der Waals surface area contributed by atoms with E-state index in [2.05, 4.69) is 9.97 Å². The first-order valence-corrected chi connectivity index (χ1v) is 6.44. The van der Waals surface area contributed by atoms with Gasteiger partial charge in [0.1, 0.15) is 29.8 Å². The van der Waals surface area contributed by atoms with Gasteiger partial charge >= 0.3 is 0 Å². The number of nitriles is 1. The Kier molecular flexibility index (Phi) is 3.41. The Labute approximate surface area is 128 Å². The summed E-state index contributed by atoms with van der Waals surface area (Å²) in [6, 6.07) is 3.03. The predicted molar refractivity (Wildman–Crippen MR) is 74.3 cm³/mol. The van der Waals surface area contributed by atoms with Crippen LogP contribution < -0.4 is 4.74 Å². The number of imidazole rings is 1. The second-order valence-corrected chi connectivity index (χ2v) is 4.72. The molecule has 3 rings (SSSR count). The van der Waals surface area contributed by atoms with E-state index in [9.17, 15) is 13.2 Å². The van der Waals surface area contributed by atoms with Crippen LogP contribution in [0.3, 0.4) is 0 Å². The van der Waals surface area contributed by atoms with Crippen LogP contribution in [-0.4, -0.2) is 21.5 Å². The molecule has 0 aliphatic heterocycles. The highest BCUT2D eigenvalue weighted by Crippen LogP contribution is 2.36. The lowest BCUT2D eigenvalue weighted by Crippen LogP contribution is -2.04. The first kappa shape index (κ1) is 14.8. The van der Waals surface area contributed by atoms with Crippen molar-refractivity contribution in [1.82, 2.24) is 14.4 Å². The molecule has 0 saturated heterocycles. The van der Waals surface area contributed by atoms with Crippen molar-refractivity contribution in [2.45, 2.75) is 6.92 Å². The standard InChI is InChI=1S/C15H9F3N4O/c1-7-12(13-9(17)3-8(16)4-10(13)18)15(23-2)21-14-11(5-19)20-6-22(7)14/h3-4,6H,1-2H3. The van der Waals surface area contributed by atoms with Crippen LogP contribution in [0.4, 0.5) is 13.2 Å². The van der Waals surface area contributed by atoms with E-state index in [1.165, 1.54) is 17.8 Å². The Morgan fingerprint density at radius 3 is 2.39 bits per heavy atom. The zero-order valence-corrected chi connectivity index (χ0v) is 12.1. The third-order valence-electron chi connectivity index (χ3n) is 3.44. The van der Waals surface area contributed by atoms with Gasteiger partial charge in [-0.1, -0.05) is 0 Å². The average molecular weight is 318 g/mol. The number of nitrogens with zero attached hydrogens (tertiary/aromatic N) is 4. The van der Waals surface area contributed by atoms with Gasteiger partial charge in [0.15, 0.2) is 11.3 Å².